The molecule has 0 unspecified atom stereocenters. The van der Waals surface area contributed by atoms with Gasteiger partial charge in [-0.1, -0.05) is 11.6 Å². The fourth-order valence-corrected chi connectivity index (χ4v) is 1.03. The SMILES string of the molecule is CC(C)(O)OCCCOc1cnc(Cl)cn1. The van der Waals surface area contributed by atoms with Crippen molar-refractivity contribution >= 4 is 11.6 Å². The van der Waals surface area contributed by atoms with Crippen LogP contribution in [0.5, 0.6) is 5.88 Å². The molecule has 0 radical (unpaired) electrons. The summed E-state index contributed by atoms with van der Waals surface area (Å²) in [6.45, 7) is 4.04. The van der Waals surface area contributed by atoms with Crippen molar-refractivity contribution < 1.29 is 14.6 Å². The zero-order chi connectivity index (χ0) is 12.0. The predicted octanol–water partition coefficient (Wildman–Crippen LogP) is 1.64. The maximum absolute atomic E-state index is 9.26. The molecule has 1 rings (SSSR count). The van der Waals surface area contributed by atoms with Gasteiger partial charge in [0, 0.05) is 6.42 Å². The van der Waals surface area contributed by atoms with E-state index in [1.54, 1.807) is 13.8 Å². The van der Waals surface area contributed by atoms with Gasteiger partial charge in [-0.3, -0.25) is 0 Å². The van der Waals surface area contributed by atoms with Gasteiger partial charge in [0.15, 0.2) is 5.79 Å². The number of hydrogen-bond acceptors (Lipinski definition) is 5. The van der Waals surface area contributed by atoms with E-state index in [9.17, 15) is 5.11 Å². The van der Waals surface area contributed by atoms with Crippen molar-refractivity contribution in [3.8, 4) is 5.88 Å². The maximum Gasteiger partial charge on any atom is 0.232 e. The molecule has 0 aliphatic rings. The summed E-state index contributed by atoms with van der Waals surface area (Å²) in [5.41, 5.74) is 0. The van der Waals surface area contributed by atoms with Gasteiger partial charge in [0.1, 0.15) is 5.15 Å². The van der Waals surface area contributed by atoms with Crippen molar-refractivity contribution in [3.05, 3.63) is 17.5 Å². The van der Waals surface area contributed by atoms with Crippen LogP contribution in [0.15, 0.2) is 12.4 Å². The van der Waals surface area contributed by atoms with Gasteiger partial charge in [-0.05, 0) is 13.8 Å². The Kier molecular flexibility index (Phi) is 4.92. The van der Waals surface area contributed by atoms with Crippen molar-refractivity contribution in [3.63, 3.8) is 0 Å². The standard InChI is InChI=1S/C10H15ClN2O3/c1-10(2,14)16-5-3-4-15-9-7-12-8(11)6-13-9/h6-7,14H,3-5H2,1-2H3. The molecule has 0 aliphatic heterocycles. The van der Waals surface area contributed by atoms with Crippen LogP contribution in [0.1, 0.15) is 20.3 Å². The molecule has 0 bridgehead atoms. The number of aliphatic hydroxyl groups is 1. The van der Waals surface area contributed by atoms with E-state index in [1.165, 1.54) is 12.4 Å². The molecule has 0 spiro atoms. The van der Waals surface area contributed by atoms with Gasteiger partial charge < -0.3 is 14.6 Å². The molecule has 1 aromatic heterocycles. The van der Waals surface area contributed by atoms with Gasteiger partial charge in [-0.25, -0.2) is 9.97 Å². The monoisotopic (exact) mass is 246 g/mol. The van der Waals surface area contributed by atoms with Crippen LogP contribution < -0.4 is 4.74 Å². The average Bonchev–Trinajstić information content (AvgIpc) is 2.19. The zero-order valence-corrected chi connectivity index (χ0v) is 10.1. The first-order valence-electron chi connectivity index (χ1n) is 4.94. The third-order valence-electron chi connectivity index (χ3n) is 1.59. The molecule has 0 aromatic carbocycles. The van der Waals surface area contributed by atoms with Crippen molar-refractivity contribution in [2.45, 2.75) is 26.1 Å². The molecule has 0 saturated carbocycles. The third-order valence-corrected chi connectivity index (χ3v) is 1.79. The average molecular weight is 247 g/mol. The third kappa shape index (κ3) is 5.85. The Hall–Kier alpha value is -0.910. The molecule has 0 atom stereocenters. The summed E-state index contributed by atoms with van der Waals surface area (Å²) in [7, 11) is 0. The zero-order valence-electron chi connectivity index (χ0n) is 9.31. The van der Waals surface area contributed by atoms with Gasteiger partial charge in [-0.2, -0.15) is 0 Å². The number of ether oxygens (including phenoxy) is 2. The highest BCUT2D eigenvalue weighted by Gasteiger charge is 2.11. The molecular weight excluding hydrogens is 232 g/mol. The van der Waals surface area contributed by atoms with E-state index in [0.717, 1.165) is 0 Å². The summed E-state index contributed by atoms with van der Waals surface area (Å²) < 4.78 is 10.4. The molecule has 5 nitrogen and oxygen atoms in total. The Morgan fingerprint density at radius 1 is 1.31 bits per heavy atom. The lowest BCUT2D eigenvalue weighted by Gasteiger charge is -2.17. The Morgan fingerprint density at radius 3 is 2.62 bits per heavy atom. The summed E-state index contributed by atoms with van der Waals surface area (Å²) >= 11 is 5.57. The van der Waals surface area contributed by atoms with E-state index in [-0.39, 0.29) is 0 Å². The summed E-state index contributed by atoms with van der Waals surface area (Å²) in [5, 5.41) is 9.60. The molecule has 6 heteroatoms. The van der Waals surface area contributed by atoms with E-state index in [1.807, 2.05) is 0 Å². The van der Waals surface area contributed by atoms with Crippen molar-refractivity contribution in [1.29, 1.82) is 0 Å². The highest BCUT2D eigenvalue weighted by atomic mass is 35.5. The first-order valence-corrected chi connectivity index (χ1v) is 5.32. The highest BCUT2D eigenvalue weighted by molar-refractivity contribution is 6.29. The predicted molar refractivity (Wildman–Crippen MR) is 59.4 cm³/mol. The fraction of sp³-hybridized carbons (Fsp3) is 0.600. The van der Waals surface area contributed by atoms with Crippen LogP contribution in [0, 0.1) is 0 Å². The summed E-state index contributed by atoms with van der Waals surface area (Å²) in [5.74, 6) is -0.673. The van der Waals surface area contributed by atoms with E-state index in [0.29, 0.717) is 30.7 Å². The van der Waals surface area contributed by atoms with Crippen molar-refractivity contribution in [2.75, 3.05) is 13.2 Å². The van der Waals surface area contributed by atoms with Gasteiger partial charge >= 0.3 is 0 Å². The molecule has 1 aromatic rings. The Labute approximate surface area is 99.4 Å². The molecule has 16 heavy (non-hydrogen) atoms. The van der Waals surface area contributed by atoms with Crippen LogP contribution in [0.25, 0.3) is 0 Å². The number of aromatic nitrogens is 2. The second-order valence-corrected chi connectivity index (χ2v) is 4.06. The smallest absolute Gasteiger partial charge is 0.232 e. The lowest BCUT2D eigenvalue weighted by atomic mass is 10.4. The van der Waals surface area contributed by atoms with Gasteiger partial charge in [0.25, 0.3) is 0 Å². The van der Waals surface area contributed by atoms with E-state index in [4.69, 9.17) is 21.1 Å². The molecule has 0 saturated heterocycles. The van der Waals surface area contributed by atoms with E-state index >= 15 is 0 Å². The summed E-state index contributed by atoms with van der Waals surface area (Å²) in [4.78, 5) is 7.74. The Bertz CT molecular complexity index is 311. The fourth-order valence-electron chi connectivity index (χ4n) is 0.933. The van der Waals surface area contributed by atoms with E-state index < -0.39 is 5.79 Å². The van der Waals surface area contributed by atoms with Crippen LogP contribution >= 0.6 is 11.6 Å². The summed E-state index contributed by atoms with van der Waals surface area (Å²) in [6.07, 6.45) is 3.54. The van der Waals surface area contributed by atoms with Gasteiger partial charge in [0.2, 0.25) is 5.88 Å². The highest BCUT2D eigenvalue weighted by Crippen LogP contribution is 2.08. The van der Waals surface area contributed by atoms with Gasteiger partial charge in [-0.15, -0.1) is 0 Å². The van der Waals surface area contributed by atoms with Crippen LogP contribution in [-0.4, -0.2) is 34.1 Å². The summed E-state index contributed by atoms with van der Waals surface area (Å²) in [6, 6.07) is 0. The Morgan fingerprint density at radius 2 is 2.06 bits per heavy atom. The number of halogens is 1. The normalized spacial score (nSPS) is 11.5. The molecule has 1 heterocycles. The first kappa shape index (κ1) is 13.2. The van der Waals surface area contributed by atoms with Gasteiger partial charge in [0.05, 0.1) is 25.6 Å². The van der Waals surface area contributed by atoms with Crippen molar-refractivity contribution in [1.82, 2.24) is 9.97 Å². The molecule has 1 N–H and O–H groups in total. The molecular formula is C10H15ClN2O3. The minimum Gasteiger partial charge on any atom is -0.476 e. The Balaban J connectivity index is 2.14. The second kappa shape index (κ2) is 5.98. The van der Waals surface area contributed by atoms with E-state index in [2.05, 4.69) is 9.97 Å². The number of hydrogen-bond donors (Lipinski definition) is 1. The minimum atomic E-state index is -1.10. The lowest BCUT2D eigenvalue weighted by molar-refractivity contribution is -0.176. The maximum atomic E-state index is 9.26. The van der Waals surface area contributed by atoms with Crippen LogP contribution in [-0.2, 0) is 4.74 Å². The van der Waals surface area contributed by atoms with Crippen molar-refractivity contribution in [2.24, 2.45) is 0 Å². The number of rotatable bonds is 6. The first-order chi connectivity index (χ1) is 7.47. The molecule has 0 amide bonds. The molecule has 0 fully saturated rings. The van der Waals surface area contributed by atoms with Crippen LogP contribution in [0.4, 0.5) is 0 Å². The molecule has 90 valence electrons. The largest absolute Gasteiger partial charge is 0.476 e. The van der Waals surface area contributed by atoms with Crippen LogP contribution in [0.2, 0.25) is 5.15 Å². The quantitative estimate of drug-likeness (QED) is 0.611. The topological polar surface area (TPSA) is 64.5 Å². The minimum absolute atomic E-state index is 0.331. The lowest BCUT2D eigenvalue weighted by Crippen LogP contribution is -2.24. The molecule has 0 aliphatic carbocycles. The second-order valence-electron chi connectivity index (χ2n) is 3.67. The number of nitrogens with zero attached hydrogens (tertiary/aromatic N) is 2. The van der Waals surface area contributed by atoms with Crippen LogP contribution in [0.3, 0.4) is 0 Å².